The molecule has 6 heteroatoms. The number of halogens is 1. The Kier molecular flexibility index (Phi) is 4.30. The molecule has 142 valence electrons. The maximum absolute atomic E-state index is 12.5. The van der Waals surface area contributed by atoms with Crippen LogP contribution >= 0.6 is 11.6 Å². The van der Waals surface area contributed by atoms with Crippen LogP contribution in [0.5, 0.6) is 5.75 Å². The molecule has 0 saturated heterocycles. The largest absolute Gasteiger partial charge is 0.489 e. The highest BCUT2D eigenvalue weighted by Crippen LogP contribution is 2.28. The molecule has 0 fully saturated rings. The molecule has 0 aliphatic carbocycles. The van der Waals surface area contributed by atoms with Gasteiger partial charge in [-0.1, -0.05) is 41.9 Å². The second-order valence-corrected chi connectivity index (χ2v) is 6.99. The maximum atomic E-state index is 12.5. The average Bonchev–Trinajstić information content (AvgIpc) is 3.15. The van der Waals surface area contributed by atoms with Crippen molar-refractivity contribution in [1.29, 1.82) is 0 Å². The molecule has 2 aromatic heterocycles. The number of benzene rings is 3. The van der Waals surface area contributed by atoms with Crippen LogP contribution in [0.15, 0.2) is 86.4 Å². The van der Waals surface area contributed by atoms with E-state index in [2.05, 4.69) is 4.98 Å². The number of nitrogens with zero attached hydrogens (tertiary/aromatic N) is 1. The van der Waals surface area contributed by atoms with Crippen molar-refractivity contribution in [2.24, 2.45) is 0 Å². The fourth-order valence-corrected chi connectivity index (χ4v) is 3.25. The fourth-order valence-electron chi connectivity index (χ4n) is 3.09. The Morgan fingerprint density at radius 2 is 1.76 bits per heavy atom. The van der Waals surface area contributed by atoms with E-state index in [9.17, 15) is 4.79 Å². The summed E-state index contributed by atoms with van der Waals surface area (Å²) in [5, 5.41) is 1.29. The molecule has 29 heavy (non-hydrogen) atoms. The van der Waals surface area contributed by atoms with E-state index in [-0.39, 0.29) is 11.5 Å². The Labute approximate surface area is 170 Å². The third kappa shape index (κ3) is 3.48. The third-order valence-corrected chi connectivity index (χ3v) is 4.77. The molecule has 3 aromatic carbocycles. The van der Waals surface area contributed by atoms with E-state index >= 15 is 0 Å². The van der Waals surface area contributed by atoms with E-state index in [4.69, 9.17) is 25.2 Å². The van der Waals surface area contributed by atoms with Crippen LogP contribution in [0.25, 0.3) is 33.5 Å². The van der Waals surface area contributed by atoms with E-state index in [0.29, 0.717) is 34.1 Å². The lowest BCUT2D eigenvalue weighted by Gasteiger charge is -2.07. The van der Waals surface area contributed by atoms with Crippen molar-refractivity contribution in [2.75, 3.05) is 0 Å². The van der Waals surface area contributed by atoms with E-state index in [1.165, 1.54) is 0 Å². The summed E-state index contributed by atoms with van der Waals surface area (Å²) in [6, 6.07) is 22.0. The summed E-state index contributed by atoms with van der Waals surface area (Å²) in [5.41, 5.74) is 2.34. The van der Waals surface area contributed by atoms with Gasteiger partial charge in [-0.15, -0.1) is 0 Å². The number of hydrogen-bond acceptors (Lipinski definition) is 5. The summed E-state index contributed by atoms with van der Waals surface area (Å²) >= 11 is 5.99. The molecular weight excluding hydrogens is 390 g/mol. The molecule has 5 rings (SSSR count). The first-order chi connectivity index (χ1) is 14.2. The van der Waals surface area contributed by atoms with Gasteiger partial charge in [-0.2, -0.15) is 0 Å². The summed E-state index contributed by atoms with van der Waals surface area (Å²) in [6.45, 7) is 0.431. The Hall–Kier alpha value is -3.57. The predicted octanol–water partition coefficient (Wildman–Crippen LogP) is 5.83. The molecule has 5 nitrogen and oxygen atoms in total. The molecule has 0 saturated carbocycles. The summed E-state index contributed by atoms with van der Waals surface area (Å²) < 4.78 is 17.0. The van der Waals surface area contributed by atoms with Gasteiger partial charge in [0.2, 0.25) is 5.89 Å². The molecule has 0 aliphatic rings. The van der Waals surface area contributed by atoms with Crippen LogP contribution in [0.4, 0.5) is 0 Å². The lowest BCUT2D eigenvalue weighted by atomic mass is 10.2. The first kappa shape index (κ1) is 17.5. The molecule has 0 radical (unpaired) electrons. The highest BCUT2D eigenvalue weighted by atomic mass is 35.5. The van der Waals surface area contributed by atoms with E-state index in [1.54, 1.807) is 30.3 Å². The standard InChI is InChI=1S/C23H14ClNO4/c24-16-7-9-20-19(11-16)25-22(28-20)18-10-15-6-8-17(12-21(15)29-23(18)26)27-13-14-4-2-1-3-5-14/h1-12H,13H2. The van der Waals surface area contributed by atoms with Crippen LogP contribution in [0.1, 0.15) is 5.56 Å². The molecular formula is C23H14ClNO4. The molecule has 0 spiro atoms. The first-order valence-corrected chi connectivity index (χ1v) is 9.35. The van der Waals surface area contributed by atoms with Crippen LogP contribution in [0.2, 0.25) is 5.02 Å². The van der Waals surface area contributed by atoms with Crippen molar-refractivity contribution in [3.05, 3.63) is 93.8 Å². The molecule has 0 unspecified atom stereocenters. The molecule has 0 N–H and O–H groups in total. The van der Waals surface area contributed by atoms with Gasteiger partial charge in [0.15, 0.2) is 5.58 Å². The van der Waals surface area contributed by atoms with Crippen LogP contribution in [-0.2, 0) is 6.61 Å². The van der Waals surface area contributed by atoms with Gasteiger partial charge < -0.3 is 13.6 Å². The summed E-state index contributed by atoms with van der Waals surface area (Å²) in [6.07, 6.45) is 0. The third-order valence-electron chi connectivity index (χ3n) is 4.54. The van der Waals surface area contributed by atoms with Crippen molar-refractivity contribution < 1.29 is 13.6 Å². The molecule has 0 amide bonds. The van der Waals surface area contributed by atoms with Crippen molar-refractivity contribution in [2.45, 2.75) is 6.61 Å². The summed E-state index contributed by atoms with van der Waals surface area (Å²) in [5.74, 6) is 0.816. The average molecular weight is 404 g/mol. The molecule has 0 atom stereocenters. The van der Waals surface area contributed by atoms with Crippen molar-refractivity contribution in [1.82, 2.24) is 4.98 Å². The summed E-state index contributed by atoms with van der Waals surface area (Å²) in [4.78, 5) is 16.9. The Morgan fingerprint density at radius 3 is 2.62 bits per heavy atom. The molecule has 0 aliphatic heterocycles. The fraction of sp³-hybridized carbons (Fsp3) is 0.0435. The van der Waals surface area contributed by atoms with Crippen LogP contribution in [-0.4, -0.2) is 4.98 Å². The quantitative estimate of drug-likeness (QED) is 0.353. The zero-order valence-corrected chi connectivity index (χ0v) is 15.8. The minimum atomic E-state index is -0.532. The molecule has 2 heterocycles. The second-order valence-electron chi connectivity index (χ2n) is 6.55. The first-order valence-electron chi connectivity index (χ1n) is 8.97. The lowest BCUT2D eigenvalue weighted by molar-refractivity contribution is 0.306. The number of fused-ring (bicyclic) bond motifs is 2. The van der Waals surface area contributed by atoms with E-state index < -0.39 is 5.63 Å². The van der Waals surface area contributed by atoms with Crippen molar-refractivity contribution in [3.63, 3.8) is 0 Å². The Bertz CT molecular complexity index is 1390. The van der Waals surface area contributed by atoms with E-state index in [0.717, 1.165) is 10.9 Å². The van der Waals surface area contributed by atoms with Crippen LogP contribution < -0.4 is 10.4 Å². The topological polar surface area (TPSA) is 65.5 Å². The minimum absolute atomic E-state index is 0.197. The normalized spacial score (nSPS) is 11.2. The second kappa shape index (κ2) is 7.11. The van der Waals surface area contributed by atoms with Gasteiger partial charge in [0.05, 0.1) is 0 Å². The smallest absolute Gasteiger partial charge is 0.349 e. The SMILES string of the molecule is O=c1oc2cc(OCc3ccccc3)ccc2cc1-c1nc2cc(Cl)ccc2o1. The summed E-state index contributed by atoms with van der Waals surface area (Å²) in [7, 11) is 0. The van der Waals surface area contributed by atoms with Gasteiger partial charge >= 0.3 is 5.63 Å². The van der Waals surface area contributed by atoms with Crippen LogP contribution in [0, 0.1) is 0 Å². The van der Waals surface area contributed by atoms with Crippen molar-refractivity contribution in [3.8, 4) is 17.2 Å². The van der Waals surface area contributed by atoms with Crippen molar-refractivity contribution >= 4 is 33.7 Å². The van der Waals surface area contributed by atoms with Gasteiger partial charge in [0, 0.05) is 16.5 Å². The Morgan fingerprint density at radius 1 is 0.897 bits per heavy atom. The number of aromatic nitrogens is 1. The maximum Gasteiger partial charge on any atom is 0.349 e. The zero-order chi connectivity index (χ0) is 19.8. The van der Waals surface area contributed by atoms with Gasteiger partial charge in [-0.25, -0.2) is 9.78 Å². The number of rotatable bonds is 4. The van der Waals surface area contributed by atoms with E-state index in [1.807, 2.05) is 42.5 Å². The number of ether oxygens (including phenoxy) is 1. The molecule has 5 aromatic rings. The van der Waals surface area contributed by atoms with Gasteiger partial charge in [-0.3, -0.25) is 0 Å². The van der Waals surface area contributed by atoms with Gasteiger partial charge in [-0.05, 0) is 42.0 Å². The number of hydrogen-bond donors (Lipinski definition) is 0. The highest BCUT2D eigenvalue weighted by molar-refractivity contribution is 6.31. The zero-order valence-electron chi connectivity index (χ0n) is 15.1. The minimum Gasteiger partial charge on any atom is -0.489 e. The Balaban J connectivity index is 1.48. The highest BCUT2D eigenvalue weighted by Gasteiger charge is 2.15. The molecule has 0 bridgehead atoms. The lowest BCUT2D eigenvalue weighted by Crippen LogP contribution is -2.03. The number of oxazole rings is 1. The predicted molar refractivity (Wildman–Crippen MR) is 111 cm³/mol. The van der Waals surface area contributed by atoms with Crippen LogP contribution in [0.3, 0.4) is 0 Å². The van der Waals surface area contributed by atoms with Gasteiger partial charge in [0.25, 0.3) is 0 Å². The monoisotopic (exact) mass is 403 g/mol. The van der Waals surface area contributed by atoms with Gasteiger partial charge in [0.1, 0.15) is 29.0 Å².